The Kier molecular flexibility index (Phi) is 5.85. The average molecular weight is 403 g/mol. The molecule has 3 heterocycles. The highest BCUT2D eigenvalue weighted by Crippen LogP contribution is 2.42. The zero-order valence-electron chi connectivity index (χ0n) is 17.0. The molecule has 2 aromatic heterocycles. The number of thiophene rings is 1. The first-order valence-corrected chi connectivity index (χ1v) is 11.0. The highest BCUT2D eigenvalue weighted by Gasteiger charge is 2.43. The fraction of sp³-hybridized carbons (Fsp3) is 0.619. The van der Waals surface area contributed by atoms with Gasteiger partial charge >= 0.3 is 0 Å². The number of amides is 1. The maximum Gasteiger partial charge on any atom is 0.248 e. The Balaban J connectivity index is 1.46. The molecule has 4 rings (SSSR count). The third kappa shape index (κ3) is 4.31. The summed E-state index contributed by atoms with van der Waals surface area (Å²) in [7, 11) is 3.55. The zero-order chi connectivity index (χ0) is 19.7. The van der Waals surface area contributed by atoms with Crippen LogP contribution in [0.4, 0.5) is 0 Å². The normalized spacial score (nSPS) is 27.7. The number of carbonyl (C=O) groups is 1. The number of carbonyl (C=O) groups excluding carboxylic acids is 1. The van der Waals surface area contributed by atoms with Crippen LogP contribution in [0.1, 0.15) is 30.0 Å². The van der Waals surface area contributed by atoms with Crippen LogP contribution in [0.5, 0.6) is 0 Å². The van der Waals surface area contributed by atoms with Gasteiger partial charge < -0.3 is 9.64 Å². The summed E-state index contributed by atoms with van der Waals surface area (Å²) in [6, 6.07) is 2.42. The molecule has 1 saturated carbocycles. The largest absolute Gasteiger partial charge is 0.366 e. The van der Waals surface area contributed by atoms with E-state index in [2.05, 4.69) is 44.6 Å². The van der Waals surface area contributed by atoms with Gasteiger partial charge in [-0.2, -0.15) is 16.4 Å². The molecule has 0 aromatic carbocycles. The molecule has 1 amide bonds. The zero-order valence-corrected chi connectivity index (χ0v) is 17.8. The number of hydrogen-bond donors (Lipinski definition) is 0. The van der Waals surface area contributed by atoms with Gasteiger partial charge in [-0.05, 0) is 59.6 Å². The van der Waals surface area contributed by atoms with Gasteiger partial charge in [-0.15, -0.1) is 0 Å². The van der Waals surface area contributed by atoms with E-state index in [0.29, 0.717) is 11.8 Å². The van der Waals surface area contributed by atoms with Gasteiger partial charge in [0.25, 0.3) is 0 Å². The minimum absolute atomic E-state index is 0.0167. The predicted molar refractivity (Wildman–Crippen MR) is 110 cm³/mol. The number of aryl methyl sites for hydroxylation is 1. The summed E-state index contributed by atoms with van der Waals surface area (Å²) in [6.07, 6.45) is 6.10. The SMILES string of the molecule is Cc1cnn([C@H]2C[C@H]3CN(Cc4ccsc4)C[C@H]3C[C@@H]2OCC(=O)N(C)C)c1. The summed E-state index contributed by atoms with van der Waals surface area (Å²) in [4.78, 5) is 16.2. The van der Waals surface area contributed by atoms with Crippen molar-refractivity contribution in [2.75, 3.05) is 33.8 Å². The fourth-order valence-corrected chi connectivity index (χ4v) is 5.30. The third-order valence-corrected chi connectivity index (χ3v) is 6.87. The number of likely N-dealkylation sites (tertiary alicyclic amines) is 1. The van der Waals surface area contributed by atoms with Crippen LogP contribution >= 0.6 is 11.3 Å². The standard InChI is InChI=1S/C21H30N4O2S/c1-15-8-22-25(9-15)19-6-17-11-24(10-16-4-5-28-14-16)12-18(17)7-20(19)27-13-21(26)23(2)3/h4-5,8-9,14,17-20H,6-7,10-13H2,1-3H3/t17-,18+,19-,20-/m0/s1. The minimum Gasteiger partial charge on any atom is -0.366 e. The van der Waals surface area contributed by atoms with Crippen LogP contribution in [0.15, 0.2) is 29.2 Å². The maximum atomic E-state index is 12.1. The fourth-order valence-electron chi connectivity index (χ4n) is 4.64. The van der Waals surface area contributed by atoms with Crippen LogP contribution in [0.25, 0.3) is 0 Å². The molecule has 7 heteroatoms. The Morgan fingerprint density at radius 2 is 2.11 bits per heavy atom. The molecule has 0 radical (unpaired) electrons. The quantitative estimate of drug-likeness (QED) is 0.746. The van der Waals surface area contributed by atoms with Crippen molar-refractivity contribution in [3.63, 3.8) is 0 Å². The lowest BCUT2D eigenvalue weighted by Gasteiger charge is -2.38. The Morgan fingerprint density at radius 3 is 2.75 bits per heavy atom. The molecule has 2 aromatic rings. The number of fused-ring (bicyclic) bond motifs is 1. The van der Waals surface area contributed by atoms with Gasteiger partial charge in [0.1, 0.15) is 6.61 Å². The molecular weight excluding hydrogens is 372 g/mol. The third-order valence-electron chi connectivity index (χ3n) is 6.14. The Morgan fingerprint density at radius 1 is 1.32 bits per heavy atom. The van der Waals surface area contributed by atoms with Gasteiger partial charge in [0.2, 0.25) is 5.91 Å². The lowest BCUT2D eigenvalue weighted by Crippen LogP contribution is -2.40. The number of nitrogens with zero attached hydrogens (tertiary/aromatic N) is 4. The maximum absolute atomic E-state index is 12.1. The average Bonchev–Trinajstić information content (AvgIpc) is 3.39. The molecule has 2 aliphatic rings. The molecule has 4 atom stereocenters. The van der Waals surface area contributed by atoms with Crippen molar-refractivity contribution in [3.8, 4) is 0 Å². The molecule has 2 fully saturated rings. The van der Waals surface area contributed by atoms with E-state index in [-0.39, 0.29) is 24.7 Å². The monoisotopic (exact) mass is 402 g/mol. The van der Waals surface area contributed by atoms with Gasteiger partial charge in [-0.1, -0.05) is 0 Å². The van der Waals surface area contributed by atoms with Gasteiger partial charge in [0.15, 0.2) is 0 Å². The molecule has 28 heavy (non-hydrogen) atoms. The summed E-state index contributed by atoms with van der Waals surface area (Å²) in [5, 5.41) is 8.97. The second kappa shape index (κ2) is 8.35. The highest BCUT2D eigenvalue weighted by atomic mass is 32.1. The van der Waals surface area contributed by atoms with Crippen molar-refractivity contribution in [3.05, 3.63) is 40.3 Å². The van der Waals surface area contributed by atoms with E-state index in [1.807, 2.05) is 6.20 Å². The van der Waals surface area contributed by atoms with Gasteiger partial charge in [0, 0.05) is 39.9 Å². The smallest absolute Gasteiger partial charge is 0.248 e. The number of ether oxygens (including phenoxy) is 1. The molecule has 1 aliphatic heterocycles. The van der Waals surface area contributed by atoms with E-state index in [0.717, 1.165) is 38.0 Å². The van der Waals surface area contributed by atoms with Crippen LogP contribution in [0.2, 0.25) is 0 Å². The molecule has 152 valence electrons. The molecule has 6 nitrogen and oxygen atoms in total. The first-order valence-electron chi connectivity index (χ1n) is 10.1. The number of likely N-dealkylation sites (N-methyl/N-ethyl adjacent to an activating group) is 1. The number of rotatable bonds is 6. The van der Waals surface area contributed by atoms with Crippen LogP contribution < -0.4 is 0 Å². The highest BCUT2D eigenvalue weighted by molar-refractivity contribution is 7.07. The lowest BCUT2D eigenvalue weighted by atomic mass is 9.77. The molecule has 0 unspecified atom stereocenters. The summed E-state index contributed by atoms with van der Waals surface area (Å²) in [5.41, 5.74) is 2.57. The molecule has 0 spiro atoms. The number of hydrogen-bond acceptors (Lipinski definition) is 5. The van der Waals surface area contributed by atoms with Crippen molar-refractivity contribution >= 4 is 17.2 Å². The van der Waals surface area contributed by atoms with Crippen LogP contribution in [-0.4, -0.2) is 65.4 Å². The predicted octanol–water partition coefficient (Wildman–Crippen LogP) is 2.81. The second-order valence-corrected chi connectivity index (χ2v) is 9.30. The summed E-state index contributed by atoms with van der Waals surface area (Å²) in [5.74, 6) is 1.31. The molecule has 1 aliphatic carbocycles. The van der Waals surface area contributed by atoms with Crippen molar-refractivity contribution < 1.29 is 9.53 Å². The van der Waals surface area contributed by atoms with Crippen molar-refractivity contribution in [2.24, 2.45) is 11.8 Å². The lowest BCUT2D eigenvalue weighted by molar-refractivity contribution is -0.138. The topological polar surface area (TPSA) is 50.6 Å². The first kappa shape index (κ1) is 19.6. The minimum atomic E-state index is 0.0167. The van der Waals surface area contributed by atoms with Crippen LogP contribution in [0, 0.1) is 18.8 Å². The summed E-state index contributed by atoms with van der Waals surface area (Å²) >= 11 is 1.77. The van der Waals surface area contributed by atoms with Crippen molar-refractivity contribution in [1.82, 2.24) is 19.6 Å². The van der Waals surface area contributed by atoms with Crippen molar-refractivity contribution in [2.45, 2.75) is 38.5 Å². The van der Waals surface area contributed by atoms with Crippen LogP contribution in [-0.2, 0) is 16.1 Å². The van der Waals surface area contributed by atoms with Crippen LogP contribution in [0.3, 0.4) is 0 Å². The molecule has 0 bridgehead atoms. The Labute approximate surface area is 171 Å². The van der Waals surface area contributed by atoms with E-state index in [1.165, 1.54) is 5.56 Å². The Bertz CT molecular complexity index is 788. The van der Waals surface area contributed by atoms with Gasteiger partial charge in [-0.3, -0.25) is 14.4 Å². The summed E-state index contributed by atoms with van der Waals surface area (Å²) < 4.78 is 8.23. The van der Waals surface area contributed by atoms with E-state index in [4.69, 9.17) is 4.74 Å². The van der Waals surface area contributed by atoms with Gasteiger partial charge in [-0.25, -0.2) is 0 Å². The van der Waals surface area contributed by atoms with E-state index in [9.17, 15) is 4.79 Å². The molecule has 1 saturated heterocycles. The first-order chi connectivity index (χ1) is 13.5. The summed E-state index contributed by atoms with van der Waals surface area (Å²) in [6.45, 7) is 5.50. The van der Waals surface area contributed by atoms with Crippen molar-refractivity contribution in [1.29, 1.82) is 0 Å². The second-order valence-electron chi connectivity index (χ2n) is 8.52. The van der Waals surface area contributed by atoms with E-state index in [1.54, 1.807) is 30.3 Å². The van der Waals surface area contributed by atoms with Gasteiger partial charge in [0.05, 0.1) is 18.3 Å². The van der Waals surface area contributed by atoms with E-state index >= 15 is 0 Å². The number of aromatic nitrogens is 2. The Hall–Kier alpha value is -1.70. The molecular formula is C21H30N4O2S. The van der Waals surface area contributed by atoms with E-state index < -0.39 is 0 Å². The molecule has 0 N–H and O–H groups in total.